The lowest BCUT2D eigenvalue weighted by molar-refractivity contribution is -0.172. The van der Waals surface area contributed by atoms with Gasteiger partial charge in [0.2, 0.25) is 0 Å². The Hall–Kier alpha value is -1.79. The second-order valence-electron chi connectivity index (χ2n) is 12.5. The van der Waals surface area contributed by atoms with Crippen LogP contribution in [-0.4, -0.2) is 71.4 Å². The van der Waals surface area contributed by atoms with Gasteiger partial charge in [0.25, 0.3) is 0 Å². The molecule has 3 aliphatic carbocycles. The van der Waals surface area contributed by atoms with Crippen LogP contribution in [0.2, 0.25) is 0 Å². The molecule has 5 aliphatic rings. The molecule has 33 heavy (non-hydrogen) atoms. The van der Waals surface area contributed by atoms with Gasteiger partial charge in [-0.25, -0.2) is 4.79 Å². The number of benzene rings is 1. The molecule has 6 heteroatoms. The number of carbonyl (C=O) groups is 1. The summed E-state index contributed by atoms with van der Waals surface area (Å²) >= 11 is 0. The molecular formula is C27H39N3O3. The van der Waals surface area contributed by atoms with E-state index >= 15 is 0 Å². The van der Waals surface area contributed by atoms with Gasteiger partial charge < -0.3 is 20.1 Å². The number of rotatable bonds is 3. The van der Waals surface area contributed by atoms with E-state index in [4.69, 9.17) is 4.74 Å². The highest BCUT2D eigenvalue weighted by atomic mass is 16.6. The van der Waals surface area contributed by atoms with Crippen LogP contribution >= 0.6 is 0 Å². The van der Waals surface area contributed by atoms with Crippen molar-refractivity contribution in [2.75, 3.05) is 26.7 Å². The number of hydrogen-bond acceptors (Lipinski definition) is 5. The smallest absolute Gasteiger partial charge is 0.410 e. The standard InChI is InChI=1S/C27H39N3O3/c1-26(2,3)33-25(32)30-10-8-15(9-11-30)14-28-24-23-20-21-18(22(20)29(23)5)12-16-6-7-17(31)13-19(16)27(21,24)4/h6-7,13,15,18,20-24,28,31H,8-12,14H2,1-5H3/t18-,20?,21?,22?,23-,24+,27-/m1/s1. The maximum absolute atomic E-state index is 12.4. The van der Waals surface area contributed by atoms with Gasteiger partial charge in [0.1, 0.15) is 11.4 Å². The number of fused-ring (bicyclic) bond motifs is 3. The summed E-state index contributed by atoms with van der Waals surface area (Å²) in [5, 5.41) is 14.4. The van der Waals surface area contributed by atoms with Crippen LogP contribution in [0.1, 0.15) is 51.7 Å². The van der Waals surface area contributed by atoms with Crippen LogP contribution in [-0.2, 0) is 16.6 Å². The van der Waals surface area contributed by atoms with Crippen LogP contribution in [0, 0.1) is 23.7 Å². The molecule has 2 saturated heterocycles. The summed E-state index contributed by atoms with van der Waals surface area (Å²) in [5.41, 5.74) is 2.45. The van der Waals surface area contributed by atoms with Gasteiger partial charge in [-0.2, -0.15) is 0 Å². The van der Waals surface area contributed by atoms with Gasteiger partial charge in [-0.3, -0.25) is 4.90 Å². The van der Waals surface area contributed by atoms with E-state index in [1.807, 2.05) is 31.7 Å². The number of amides is 1. The highest BCUT2D eigenvalue weighted by molar-refractivity contribution is 5.68. The van der Waals surface area contributed by atoms with Gasteiger partial charge >= 0.3 is 6.09 Å². The number of phenolic OH excluding ortho intramolecular Hbond substituents is 1. The molecule has 1 aromatic rings. The number of hydrogen-bond donors (Lipinski definition) is 2. The first-order valence-corrected chi connectivity index (χ1v) is 12.8. The molecule has 6 rings (SSSR count). The molecule has 1 amide bonds. The molecule has 4 fully saturated rings. The normalized spacial score (nSPS) is 39.4. The molecule has 2 aliphatic heterocycles. The second kappa shape index (κ2) is 7.11. The average Bonchev–Trinajstić information content (AvgIpc) is 2.91. The summed E-state index contributed by atoms with van der Waals surface area (Å²) < 4.78 is 5.56. The van der Waals surface area contributed by atoms with E-state index in [-0.39, 0.29) is 11.5 Å². The van der Waals surface area contributed by atoms with E-state index in [1.54, 1.807) is 0 Å². The van der Waals surface area contributed by atoms with Crippen molar-refractivity contribution in [3.63, 3.8) is 0 Å². The second-order valence-corrected chi connectivity index (χ2v) is 12.5. The van der Waals surface area contributed by atoms with Crippen LogP contribution in [0.5, 0.6) is 5.75 Å². The van der Waals surface area contributed by atoms with Crippen LogP contribution < -0.4 is 5.32 Å². The molecule has 7 atom stereocenters. The van der Waals surface area contributed by atoms with Crippen molar-refractivity contribution in [1.82, 2.24) is 15.1 Å². The number of ether oxygens (including phenoxy) is 1. The summed E-state index contributed by atoms with van der Waals surface area (Å²) in [5.74, 6) is 3.25. The lowest BCUT2D eigenvalue weighted by atomic mass is 9.46. The minimum Gasteiger partial charge on any atom is -0.508 e. The SMILES string of the molecule is CN1C2C3C4[C@H]2Cc2ccc(O)cc2[C@@]4(C)[C@@H](NCC2CCN(C(=O)OC(C)(C)C)CC2)[C@@H]31. The van der Waals surface area contributed by atoms with Gasteiger partial charge in [-0.05, 0) is 101 Å². The zero-order valence-corrected chi connectivity index (χ0v) is 20.7. The Morgan fingerprint density at radius 3 is 2.67 bits per heavy atom. The molecule has 6 nitrogen and oxygen atoms in total. The van der Waals surface area contributed by atoms with Crippen LogP contribution in [0.25, 0.3) is 0 Å². The van der Waals surface area contributed by atoms with Crippen LogP contribution in [0.3, 0.4) is 0 Å². The van der Waals surface area contributed by atoms with Crippen molar-refractivity contribution >= 4 is 6.09 Å². The Bertz CT molecular complexity index is 966. The fourth-order valence-corrected chi connectivity index (χ4v) is 8.44. The van der Waals surface area contributed by atoms with Crippen molar-refractivity contribution in [3.05, 3.63) is 29.3 Å². The maximum atomic E-state index is 12.4. The number of phenols is 1. The first-order valence-electron chi connectivity index (χ1n) is 12.8. The van der Waals surface area contributed by atoms with E-state index in [2.05, 4.69) is 36.3 Å². The number of aromatic hydroxyl groups is 1. The van der Waals surface area contributed by atoms with Crippen molar-refractivity contribution in [3.8, 4) is 5.75 Å². The number of carbonyl (C=O) groups excluding carboxylic acids is 1. The summed E-state index contributed by atoms with van der Waals surface area (Å²) in [7, 11) is 2.32. The quantitative estimate of drug-likeness (QED) is 0.735. The van der Waals surface area contributed by atoms with E-state index in [0.717, 1.165) is 62.7 Å². The topological polar surface area (TPSA) is 65.0 Å². The Balaban J connectivity index is 1.16. The largest absolute Gasteiger partial charge is 0.508 e. The molecule has 0 spiro atoms. The maximum Gasteiger partial charge on any atom is 0.410 e. The molecule has 180 valence electrons. The average molecular weight is 454 g/mol. The first kappa shape index (κ1) is 21.7. The molecule has 2 saturated carbocycles. The Labute approximate surface area is 197 Å². The minimum atomic E-state index is -0.442. The highest BCUT2D eigenvalue weighted by Gasteiger charge is 2.78. The van der Waals surface area contributed by atoms with E-state index in [9.17, 15) is 9.90 Å². The van der Waals surface area contributed by atoms with Crippen molar-refractivity contribution in [2.24, 2.45) is 23.7 Å². The van der Waals surface area contributed by atoms with Crippen molar-refractivity contribution in [1.29, 1.82) is 0 Å². The fourth-order valence-electron chi connectivity index (χ4n) is 8.44. The third-order valence-corrected chi connectivity index (χ3v) is 9.75. The van der Waals surface area contributed by atoms with Crippen LogP contribution in [0.4, 0.5) is 4.79 Å². The number of nitrogens with zero attached hydrogens (tertiary/aromatic N) is 2. The summed E-state index contributed by atoms with van der Waals surface area (Å²) in [6.07, 6.45) is 3.02. The van der Waals surface area contributed by atoms with Gasteiger partial charge in [0.05, 0.1) is 0 Å². The lowest BCUT2D eigenvalue weighted by Gasteiger charge is -2.67. The van der Waals surface area contributed by atoms with E-state index < -0.39 is 5.60 Å². The zero-order valence-electron chi connectivity index (χ0n) is 20.7. The molecule has 3 unspecified atom stereocenters. The molecular weight excluding hydrogens is 414 g/mol. The van der Waals surface area contributed by atoms with Crippen molar-refractivity contribution in [2.45, 2.75) is 76.1 Å². The molecule has 2 N–H and O–H groups in total. The zero-order chi connectivity index (χ0) is 23.3. The number of nitrogens with one attached hydrogen (secondary N) is 1. The molecule has 2 heterocycles. The Morgan fingerprint density at radius 1 is 1.24 bits per heavy atom. The first-order chi connectivity index (χ1) is 15.6. The Morgan fingerprint density at radius 2 is 1.97 bits per heavy atom. The molecule has 1 aromatic carbocycles. The van der Waals surface area contributed by atoms with Gasteiger partial charge in [-0.15, -0.1) is 0 Å². The van der Waals surface area contributed by atoms with Crippen molar-refractivity contribution < 1.29 is 14.6 Å². The summed E-state index contributed by atoms with van der Waals surface area (Å²) in [6, 6.07) is 7.82. The van der Waals surface area contributed by atoms with E-state index in [1.165, 1.54) is 11.1 Å². The number of likely N-dealkylation sites (tertiary alicyclic amines) is 2. The molecule has 0 bridgehead atoms. The summed E-state index contributed by atoms with van der Waals surface area (Å²) in [6.45, 7) is 10.8. The number of piperidine rings is 2. The lowest BCUT2D eigenvalue weighted by Crippen LogP contribution is -2.75. The summed E-state index contributed by atoms with van der Waals surface area (Å²) in [4.78, 5) is 16.9. The van der Waals surface area contributed by atoms with Gasteiger partial charge in [0.15, 0.2) is 0 Å². The Kier molecular flexibility index (Phi) is 4.68. The fraction of sp³-hybridized carbons (Fsp3) is 0.741. The highest BCUT2D eigenvalue weighted by Crippen LogP contribution is 2.71. The monoisotopic (exact) mass is 453 g/mol. The third-order valence-electron chi connectivity index (χ3n) is 9.75. The van der Waals surface area contributed by atoms with Crippen LogP contribution in [0.15, 0.2) is 18.2 Å². The number of likely N-dealkylation sites (N-methyl/N-ethyl adjacent to an activating group) is 1. The predicted octanol–water partition coefficient (Wildman–Crippen LogP) is 3.37. The minimum absolute atomic E-state index is 0.0742. The van der Waals surface area contributed by atoms with Gasteiger partial charge in [0, 0.05) is 36.6 Å². The third kappa shape index (κ3) is 3.02. The molecule has 0 aromatic heterocycles. The van der Waals surface area contributed by atoms with Gasteiger partial charge in [-0.1, -0.05) is 13.0 Å². The van der Waals surface area contributed by atoms with E-state index in [0.29, 0.717) is 23.8 Å². The molecule has 0 radical (unpaired) electrons. The predicted molar refractivity (Wildman–Crippen MR) is 127 cm³/mol.